The number of nitrogens with two attached hydrogens (primary N) is 1. The third kappa shape index (κ3) is 4.43. The topological polar surface area (TPSA) is 88.9 Å². The van der Waals surface area contributed by atoms with Crippen molar-refractivity contribution in [3.63, 3.8) is 0 Å². The van der Waals surface area contributed by atoms with Gasteiger partial charge in [0.05, 0.1) is 12.0 Å². The molecule has 4 heterocycles. The zero-order valence-electron chi connectivity index (χ0n) is 20.1. The zero-order chi connectivity index (χ0) is 24.7. The number of hydrazine groups is 1. The number of furan rings is 1. The minimum atomic E-state index is -0.734. The number of nitrogens with one attached hydrogen (secondary N) is 1. The molecule has 2 atom stereocenters. The van der Waals surface area contributed by atoms with Gasteiger partial charge >= 0.3 is 0 Å². The van der Waals surface area contributed by atoms with Gasteiger partial charge < -0.3 is 20.0 Å². The number of aliphatic imine (C=N–C) groups is 2. The van der Waals surface area contributed by atoms with Gasteiger partial charge in [0.2, 0.25) is 5.96 Å². The van der Waals surface area contributed by atoms with E-state index in [0.717, 1.165) is 31.5 Å². The number of amidine groups is 1. The lowest BCUT2D eigenvalue weighted by atomic mass is 10.1. The molecule has 186 valence electrons. The van der Waals surface area contributed by atoms with Gasteiger partial charge in [-0.3, -0.25) is 10.3 Å². The Bertz CT molecular complexity index is 1170. The lowest BCUT2D eigenvalue weighted by Crippen LogP contribution is -2.56. The first-order valence-corrected chi connectivity index (χ1v) is 11.7. The van der Waals surface area contributed by atoms with Crippen LogP contribution in [0.5, 0.6) is 0 Å². The van der Waals surface area contributed by atoms with E-state index in [2.05, 4.69) is 27.1 Å². The van der Waals surface area contributed by atoms with Gasteiger partial charge in [-0.15, -0.1) is 0 Å². The van der Waals surface area contributed by atoms with Crippen LogP contribution >= 0.6 is 0 Å². The highest BCUT2D eigenvalue weighted by atomic mass is 19.1. The smallest absolute Gasteiger partial charge is 0.219 e. The molecule has 0 bridgehead atoms. The summed E-state index contributed by atoms with van der Waals surface area (Å²) in [6.07, 6.45) is 3.58. The molecule has 3 aliphatic rings. The van der Waals surface area contributed by atoms with Crippen LogP contribution in [0.1, 0.15) is 19.6 Å². The molecule has 2 aromatic rings. The molecule has 3 N–H and O–H groups in total. The summed E-state index contributed by atoms with van der Waals surface area (Å²) in [4.78, 5) is 15.8. The molecule has 1 aromatic carbocycles. The standard InChI is InChI=1S/C24H30F2N8O/c1-16(15-32-8-10-33(11-9-32)19-7-6-17(25)13-18(19)26)31(3)21-14-24(2)29-22(20-5-4-12-35-20)30-34(24)23(27)28-21/h4-7,12-14,16H,8-11,15H2,1-3H3,(H2,27,28)(H,29,30). The van der Waals surface area contributed by atoms with Crippen molar-refractivity contribution in [2.75, 3.05) is 44.7 Å². The van der Waals surface area contributed by atoms with E-state index < -0.39 is 17.3 Å². The number of halogens is 2. The summed E-state index contributed by atoms with van der Waals surface area (Å²) in [6.45, 7) is 7.83. The highest BCUT2D eigenvalue weighted by molar-refractivity contribution is 6.00. The van der Waals surface area contributed by atoms with Gasteiger partial charge in [0.15, 0.2) is 17.3 Å². The molecule has 0 radical (unpaired) electrons. The maximum atomic E-state index is 14.2. The van der Waals surface area contributed by atoms with Crippen molar-refractivity contribution < 1.29 is 13.2 Å². The van der Waals surface area contributed by atoms with E-state index in [9.17, 15) is 8.78 Å². The summed E-state index contributed by atoms with van der Waals surface area (Å²) in [5.74, 6) is 1.21. The number of rotatable bonds is 6. The lowest BCUT2D eigenvalue weighted by molar-refractivity contribution is 0.180. The number of fused-ring (bicyclic) bond motifs is 1. The molecule has 2 unspecified atom stereocenters. The average Bonchev–Trinajstić information content (AvgIpc) is 3.47. The summed E-state index contributed by atoms with van der Waals surface area (Å²) in [6, 6.07) is 7.54. The Morgan fingerprint density at radius 2 is 2.00 bits per heavy atom. The third-order valence-corrected chi connectivity index (χ3v) is 6.79. The van der Waals surface area contributed by atoms with E-state index in [1.54, 1.807) is 11.3 Å². The zero-order valence-corrected chi connectivity index (χ0v) is 20.1. The maximum Gasteiger partial charge on any atom is 0.219 e. The quantitative estimate of drug-likeness (QED) is 0.650. The first-order valence-electron chi connectivity index (χ1n) is 11.7. The molecular formula is C24H30F2N8O. The molecule has 1 fully saturated rings. The number of guanidine groups is 1. The monoisotopic (exact) mass is 484 g/mol. The van der Waals surface area contributed by atoms with Gasteiger partial charge in [-0.05, 0) is 38.1 Å². The number of anilines is 1. The van der Waals surface area contributed by atoms with Crippen molar-refractivity contribution in [3.8, 4) is 0 Å². The van der Waals surface area contributed by atoms with Gasteiger partial charge in [-0.2, -0.15) is 4.99 Å². The molecular weight excluding hydrogens is 454 g/mol. The highest BCUT2D eigenvalue weighted by Gasteiger charge is 2.42. The van der Waals surface area contributed by atoms with Crippen LogP contribution in [0.2, 0.25) is 0 Å². The number of benzene rings is 1. The van der Waals surface area contributed by atoms with Crippen LogP contribution in [0.3, 0.4) is 0 Å². The van der Waals surface area contributed by atoms with E-state index in [1.165, 1.54) is 12.1 Å². The second-order valence-corrected chi connectivity index (χ2v) is 9.29. The van der Waals surface area contributed by atoms with Crippen molar-refractivity contribution in [2.24, 2.45) is 15.7 Å². The van der Waals surface area contributed by atoms with Gasteiger partial charge in [0, 0.05) is 58.0 Å². The third-order valence-electron chi connectivity index (χ3n) is 6.79. The Labute approximate surface area is 203 Å². The van der Waals surface area contributed by atoms with Gasteiger partial charge in [-0.25, -0.2) is 18.8 Å². The Balaban J connectivity index is 1.23. The molecule has 9 nitrogen and oxygen atoms in total. The first kappa shape index (κ1) is 23.2. The van der Waals surface area contributed by atoms with E-state index >= 15 is 0 Å². The van der Waals surface area contributed by atoms with Crippen LogP contribution in [0.15, 0.2) is 62.9 Å². The van der Waals surface area contributed by atoms with Crippen LogP contribution in [0.25, 0.3) is 0 Å². The van der Waals surface area contributed by atoms with Crippen molar-refractivity contribution in [1.29, 1.82) is 0 Å². The molecule has 0 amide bonds. The van der Waals surface area contributed by atoms with Crippen molar-refractivity contribution in [2.45, 2.75) is 25.6 Å². The minimum absolute atomic E-state index is 0.143. The van der Waals surface area contributed by atoms with E-state index in [0.29, 0.717) is 36.3 Å². The van der Waals surface area contributed by atoms with Crippen molar-refractivity contribution in [1.82, 2.24) is 20.2 Å². The van der Waals surface area contributed by atoms with Gasteiger partial charge in [0.1, 0.15) is 17.5 Å². The molecule has 35 heavy (non-hydrogen) atoms. The summed E-state index contributed by atoms with van der Waals surface area (Å²) in [5.41, 5.74) is 9.19. The Morgan fingerprint density at radius 1 is 1.23 bits per heavy atom. The largest absolute Gasteiger partial charge is 0.461 e. The van der Waals surface area contributed by atoms with E-state index in [-0.39, 0.29) is 6.04 Å². The Kier molecular flexibility index (Phi) is 5.87. The predicted octanol–water partition coefficient (Wildman–Crippen LogP) is 2.15. The normalized spacial score (nSPS) is 23.3. The van der Waals surface area contributed by atoms with Crippen LogP contribution < -0.4 is 16.1 Å². The summed E-state index contributed by atoms with van der Waals surface area (Å²) < 4.78 is 32.9. The van der Waals surface area contributed by atoms with Crippen LogP contribution in [0, 0.1) is 11.6 Å². The maximum absolute atomic E-state index is 14.2. The fraction of sp³-hybridized carbons (Fsp3) is 0.417. The Hall–Kier alpha value is -3.60. The second-order valence-electron chi connectivity index (χ2n) is 9.29. The van der Waals surface area contributed by atoms with Crippen molar-refractivity contribution >= 4 is 17.5 Å². The fourth-order valence-corrected chi connectivity index (χ4v) is 4.69. The highest BCUT2D eigenvalue weighted by Crippen LogP contribution is 2.30. The summed E-state index contributed by atoms with van der Waals surface area (Å²) in [7, 11) is 2.00. The predicted molar refractivity (Wildman–Crippen MR) is 131 cm³/mol. The number of nitrogens with zero attached hydrogens (tertiary/aromatic N) is 6. The number of hydrogen-bond acceptors (Lipinski definition) is 9. The van der Waals surface area contributed by atoms with Crippen LogP contribution in [-0.4, -0.2) is 78.1 Å². The molecule has 0 saturated carbocycles. The first-order chi connectivity index (χ1) is 16.7. The van der Waals surface area contributed by atoms with Gasteiger partial charge in [0.25, 0.3) is 0 Å². The molecule has 0 aliphatic carbocycles. The summed E-state index contributed by atoms with van der Waals surface area (Å²) in [5, 5.41) is 1.72. The number of hydrogen-bond donors (Lipinski definition) is 2. The van der Waals surface area contributed by atoms with Crippen LogP contribution in [0.4, 0.5) is 14.5 Å². The molecule has 1 saturated heterocycles. The lowest BCUT2D eigenvalue weighted by Gasteiger charge is -2.40. The van der Waals surface area contributed by atoms with Crippen molar-refractivity contribution in [3.05, 3.63) is 65.9 Å². The summed E-state index contributed by atoms with van der Waals surface area (Å²) >= 11 is 0. The molecule has 3 aliphatic heterocycles. The SMILES string of the molecule is CC(CN1CCN(c2ccc(F)cc2F)CC1)N(C)C1=CC2(C)N=C(c3ccco3)NN2C(N)=N1. The van der Waals surface area contributed by atoms with Crippen LogP contribution in [-0.2, 0) is 0 Å². The van der Waals surface area contributed by atoms with Gasteiger partial charge in [-0.1, -0.05) is 0 Å². The minimum Gasteiger partial charge on any atom is -0.461 e. The molecule has 1 aromatic heterocycles. The fourth-order valence-electron chi connectivity index (χ4n) is 4.69. The van der Waals surface area contributed by atoms with E-state index in [1.807, 2.05) is 37.1 Å². The Morgan fingerprint density at radius 3 is 2.69 bits per heavy atom. The molecule has 0 spiro atoms. The average molecular weight is 485 g/mol. The number of piperazine rings is 1. The number of likely N-dealkylation sites (N-methyl/N-ethyl adjacent to an activating group) is 1. The molecule has 11 heteroatoms. The van der Waals surface area contributed by atoms with E-state index in [4.69, 9.17) is 15.1 Å². The second kappa shape index (κ2) is 8.88. The molecule has 5 rings (SSSR count).